The second-order valence-electron chi connectivity index (χ2n) is 14.2. The van der Waals surface area contributed by atoms with Gasteiger partial charge in [0.05, 0.1) is 25.0 Å². The number of amides is 3. The second-order valence-corrected chi connectivity index (χ2v) is 14.2. The molecule has 3 heterocycles. The Hall–Kier alpha value is -3.67. The number of carbonyl (C=O) groups is 3. The molecule has 3 amide bonds. The lowest BCUT2D eigenvalue weighted by atomic mass is 9.69. The maximum absolute atomic E-state index is 14.2. The van der Waals surface area contributed by atoms with Crippen molar-refractivity contribution in [3.63, 3.8) is 0 Å². The summed E-state index contributed by atoms with van der Waals surface area (Å²) in [5, 5.41) is 3.30. The predicted molar refractivity (Wildman–Crippen MR) is 184 cm³/mol. The van der Waals surface area contributed by atoms with E-state index < -0.39 is 28.9 Å². The van der Waals surface area contributed by atoms with Crippen molar-refractivity contribution >= 4 is 17.9 Å². The molecule has 0 bridgehead atoms. The standard InChI is InChI=1S/C38H53N3O8/c1-6-40(19-17-33-46-21-22-47-33)35(43)28-23-27(24-41(25-28)36(44)49-37(2,3)4)34(42)39-26-38(18-11-12-20-45-5)29-13-7-9-15-31(29)48-32-16-10-8-14-30(32)38/h7-10,13-16,27-28,33H,6,11-12,17-26H2,1-5H3,(H,39,42)/t27-,28+/m0/s1. The van der Waals surface area contributed by atoms with E-state index in [0.717, 1.165) is 41.9 Å². The molecule has 11 nitrogen and oxygen atoms in total. The molecule has 2 saturated heterocycles. The Morgan fingerprint density at radius 3 is 2.20 bits per heavy atom. The van der Waals surface area contributed by atoms with Crippen LogP contribution in [0.25, 0.3) is 0 Å². The maximum atomic E-state index is 14.2. The largest absolute Gasteiger partial charge is 0.457 e. The van der Waals surface area contributed by atoms with E-state index >= 15 is 0 Å². The van der Waals surface area contributed by atoms with E-state index in [1.165, 1.54) is 4.90 Å². The summed E-state index contributed by atoms with van der Waals surface area (Å²) in [5.41, 5.74) is 0.772. The minimum Gasteiger partial charge on any atom is -0.457 e. The molecule has 49 heavy (non-hydrogen) atoms. The number of fused-ring (bicyclic) bond motifs is 2. The van der Waals surface area contributed by atoms with Crippen LogP contribution in [0.1, 0.15) is 70.9 Å². The average molecular weight is 680 g/mol. The normalized spacial score (nSPS) is 20.1. The van der Waals surface area contributed by atoms with Gasteiger partial charge in [0.2, 0.25) is 11.8 Å². The van der Waals surface area contributed by atoms with E-state index in [1.807, 2.05) is 64.1 Å². The summed E-state index contributed by atoms with van der Waals surface area (Å²) >= 11 is 0. The van der Waals surface area contributed by atoms with E-state index in [2.05, 4.69) is 17.4 Å². The van der Waals surface area contributed by atoms with Gasteiger partial charge in [-0.15, -0.1) is 0 Å². The maximum Gasteiger partial charge on any atom is 0.410 e. The number of benzene rings is 2. The van der Waals surface area contributed by atoms with E-state index in [-0.39, 0.29) is 31.2 Å². The van der Waals surface area contributed by atoms with Gasteiger partial charge in [0.25, 0.3) is 0 Å². The molecule has 0 aliphatic carbocycles. The lowest BCUT2D eigenvalue weighted by molar-refractivity contribution is -0.140. The van der Waals surface area contributed by atoms with E-state index in [4.69, 9.17) is 23.7 Å². The highest BCUT2D eigenvalue weighted by Crippen LogP contribution is 2.50. The Balaban J connectivity index is 1.38. The molecule has 2 atom stereocenters. The number of hydrogen-bond acceptors (Lipinski definition) is 8. The smallest absolute Gasteiger partial charge is 0.410 e. The van der Waals surface area contributed by atoms with Crippen LogP contribution in [0.3, 0.4) is 0 Å². The number of methoxy groups -OCH3 is 1. The first-order chi connectivity index (χ1) is 23.5. The third kappa shape index (κ3) is 8.93. The van der Waals surface area contributed by atoms with Gasteiger partial charge in [-0.1, -0.05) is 36.4 Å². The van der Waals surface area contributed by atoms with Crippen molar-refractivity contribution in [1.82, 2.24) is 15.1 Å². The Labute approximate surface area is 290 Å². The molecule has 0 spiro atoms. The van der Waals surface area contributed by atoms with Crippen LogP contribution >= 0.6 is 0 Å². The van der Waals surface area contributed by atoms with Crippen LogP contribution in [0.5, 0.6) is 11.5 Å². The highest BCUT2D eigenvalue weighted by Gasteiger charge is 2.44. The fourth-order valence-electron chi connectivity index (χ4n) is 7.23. The van der Waals surface area contributed by atoms with Crippen LogP contribution in [0.2, 0.25) is 0 Å². The number of hydrogen-bond donors (Lipinski definition) is 1. The molecule has 3 aliphatic heterocycles. The number of piperidine rings is 1. The van der Waals surface area contributed by atoms with Crippen molar-refractivity contribution in [3.05, 3.63) is 59.7 Å². The van der Waals surface area contributed by atoms with Gasteiger partial charge in [-0.2, -0.15) is 0 Å². The van der Waals surface area contributed by atoms with E-state index in [1.54, 1.807) is 12.0 Å². The molecule has 1 N–H and O–H groups in total. The SMILES string of the molecule is CCN(CCC1OCCO1)C(=O)[C@@H]1C[C@H](C(=O)NCC2(CCCCOC)c3ccccc3Oc3ccccc32)CN(C(=O)OC(C)(C)C)C1. The average Bonchev–Trinajstić information content (AvgIpc) is 3.62. The molecule has 2 aromatic rings. The van der Waals surface area contributed by atoms with Crippen molar-refractivity contribution in [1.29, 1.82) is 0 Å². The van der Waals surface area contributed by atoms with Crippen molar-refractivity contribution in [2.75, 3.05) is 59.7 Å². The Kier molecular flexibility index (Phi) is 12.2. The van der Waals surface area contributed by atoms with Gasteiger partial charge < -0.3 is 38.8 Å². The molecule has 5 rings (SSSR count). The van der Waals surface area contributed by atoms with Crippen LogP contribution in [0.15, 0.2) is 48.5 Å². The lowest BCUT2D eigenvalue weighted by Gasteiger charge is -2.42. The zero-order chi connectivity index (χ0) is 35.0. The van der Waals surface area contributed by atoms with Crippen LogP contribution in [0.4, 0.5) is 4.79 Å². The van der Waals surface area contributed by atoms with Gasteiger partial charge in [0, 0.05) is 69.4 Å². The van der Waals surface area contributed by atoms with Crippen molar-refractivity contribution in [3.8, 4) is 11.5 Å². The molecule has 11 heteroatoms. The zero-order valence-electron chi connectivity index (χ0n) is 29.7. The third-order valence-electron chi connectivity index (χ3n) is 9.63. The molecule has 0 radical (unpaired) electrons. The monoisotopic (exact) mass is 679 g/mol. The quantitative estimate of drug-likeness (QED) is 0.276. The van der Waals surface area contributed by atoms with Crippen LogP contribution in [-0.2, 0) is 34.0 Å². The second kappa shape index (κ2) is 16.4. The molecular formula is C38H53N3O8. The van der Waals surface area contributed by atoms with Gasteiger partial charge in [-0.3, -0.25) is 9.59 Å². The first-order valence-electron chi connectivity index (χ1n) is 17.7. The summed E-state index contributed by atoms with van der Waals surface area (Å²) in [6, 6.07) is 16.0. The predicted octanol–water partition coefficient (Wildman–Crippen LogP) is 5.50. The molecule has 0 aromatic heterocycles. The third-order valence-corrected chi connectivity index (χ3v) is 9.63. The molecular weight excluding hydrogens is 626 g/mol. The number of para-hydroxylation sites is 2. The Morgan fingerprint density at radius 1 is 0.959 bits per heavy atom. The van der Waals surface area contributed by atoms with E-state index in [0.29, 0.717) is 52.3 Å². The van der Waals surface area contributed by atoms with Crippen LogP contribution < -0.4 is 10.1 Å². The number of nitrogens with zero attached hydrogens (tertiary/aromatic N) is 2. The molecule has 2 aromatic carbocycles. The highest BCUT2D eigenvalue weighted by atomic mass is 16.7. The van der Waals surface area contributed by atoms with Crippen molar-refractivity contribution in [2.24, 2.45) is 11.8 Å². The summed E-state index contributed by atoms with van der Waals surface area (Å²) < 4.78 is 28.6. The summed E-state index contributed by atoms with van der Waals surface area (Å²) in [5.74, 6) is 0.0959. The molecule has 3 aliphatic rings. The minimum absolute atomic E-state index is 0.0894. The molecule has 0 unspecified atom stereocenters. The van der Waals surface area contributed by atoms with Gasteiger partial charge in [0.15, 0.2) is 6.29 Å². The first kappa shape index (κ1) is 36.6. The number of ether oxygens (including phenoxy) is 5. The molecule has 268 valence electrons. The van der Waals surface area contributed by atoms with Crippen molar-refractivity contribution < 1.29 is 38.1 Å². The number of nitrogens with one attached hydrogen (secondary N) is 1. The number of rotatable bonds is 13. The molecule has 0 saturated carbocycles. The summed E-state index contributed by atoms with van der Waals surface area (Å²) in [7, 11) is 1.70. The van der Waals surface area contributed by atoms with Crippen molar-refractivity contribution in [2.45, 2.75) is 77.1 Å². The van der Waals surface area contributed by atoms with Gasteiger partial charge in [-0.05, 0) is 65.5 Å². The van der Waals surface area contributed by atoms with Gasteiger partial charge in [-0.25, -0.2) is 4.79 Å². The van der Waals surface area contributed by atoms with Gasteiger partial charge in [0.1, 0.15) is 17.1 Å². The fraction of sp³-hybridized carbons (Fsp3) is 0.605. The summed E-state index contributed by atoms with van der Waals surface area (Å²) in [4.78, 5) is 44.9. The topological polar surface area (TPSA) is 116 Å². The Bertz CT molecular complexity index is 1390. The fourth-order valence-corrected chi connectivity index (χ4v) is 7.23. The Morgan fingerprint density at radius 2 is 1.59 bits per heavy atom. The minimum atomic E-state index is -0.721. The van der Waals surface area contributed by atoms with E-state index in [9.17, 15) is 14.4 Å². The van der Waals surface area contributed by atoms with Gasteiger partial charge >= 0.3 is 6.09 Å². The lowest BCUT2D eigenvalue weighted by Crippen LogP contribution is -2.54. The summed E-state index contributed by atoms with van der Waals surface area (Å²) in [6.07, 6.45) is 2.56. The molecule has 2 fully saturated rings. The highest BCUT2D eigenvalue weighted by molar-refractivity contribution is 5.84. The number of likely N-dealkylation sites (tertiary alicyclic amines) is 1. The number of unbranched alkanes of at least 4 members (excludes halogenated alkanes) is 1. The van der Waals surface area contributed by atoms with Crippen LogP contribution in [-0.4, -0.2) is 99.3 Å². The zero-order valence-corrected chi connectivity index (χ0v) is 29.7. The summed E-state index contributed by atoms with van der Waals surface area (Å²) in [6.45, 7) is 10.8. The number of carbonyl (C=O) groups excluding carboxylic acids is 3. The first-order valence-corrected chi connectivity index (χ1v) is 17.7. The van der Waals surface area contributed by atoms with Crippen LogP contribution in [0, 0.1) is 11.8 Å².